The standard InChI is InChI=1S/C25H28FN5O5/c1-34-23-3-2-20-24(30-23)16(18(26)12-29-20)4-6-31-7-5-19(17(14-31)25(32)33)28-11-15-10-21-22(13-27-15)36-9-8-35-21/h2-3,10,12-13,17,19,28H,4-9,11,14H2,1H3,(H,32,33)/t17?,19-/m0/s1. The van der Waals surface area contributed by atoms with Crippen LogP contribution in [0.15, 0.2) is 30.6 Å². The number of pyridine rings is 3. The highest BCUT2D eigenvalue weighted by Gasteiger charge is 2.34. The number of hydrogen-bond acceptors (Lipinski definition) is 9. The van der Waals surface area contributed by atoms with Crippen LogP contribution in [-0.4, -0.2) is 76.9 Å². The minimum absolute atomic E-state index is 0.210. The summed E-state index contributed by atoms with van der Waals surface area (Å²) in [5, 5.41) is 13.3. The zero-order chi connectivity index (χ0) is 25.1. The quantitative estimate of drug-likeness (QED) is 0.479. The van der Waals surface area contributed by atoms with E-state index in [1.807, 2.05) is 6.07 Å². The first kappa shape index (κ1) is 24.1. The summed E-state index contributed by atoms with van der Waals surface area (Å²) in [6.07, 6.45) is 3.87. The number of carboxylic acids is 1. The lowest BCUT2D eigenvalue weighted by molar-refractivity contribution is -0.144. The first-order chi connectivity index (χ1) is 17.5. The van der Waals surface area contributed by atoms with E-state index >= 15 is 0 Å². The average molecular weight is 498 g/mol. The Labute approximate surface area is 207 Å². The lowest BCUT2D eigenvalue weighted by Gasteiger charge is -2.37. The summed E-state index contributed by atoms with van der Waals surface area (Å²) >= 11 is 0. The Hall–Kier alpha value is -3.57. The first-order valence-electron chi connectivity index (χ1n) is 11.9. The van der Waals surface area contributed by atoms with Crippen molar-refractivity contribution < 1.29 is 28.5 Å². The number of rotatable bonds is 8. The minimum atomic E-state index is -0.862. The number of piperidine rings is 1. The molecule has 2 N–H and O–H groups in total. The lowest BCUT2D eigenvalue weighted by Crippen LogP contribution is -2.52. The molecule has 5 heterocycles. The predicted octanol–water partition coefficient (Wildman–Crippen LogP) is 2.05. The van der Waals surface area contributed by atoms with Crippen LogP contribution in [0.2, 0.25) is 0 Å². The van der Waals surface area contributed by atoms with E-state index in [0.29, 0.717) is 86.2 Å². The van der Waals surface area contributed by atoms with Crippen molar-refractivity contribution in [1.82, 2.24) is 25.2 Å². The number of carboxylic acid groups (broad SMARTS) is 1. The molecular formula is C25H28FN5O5. The van der Waals surface area contributed by atoms with Crippen LogP contribution in [0, 0.1) is 11.7 Å². The van der Waals surface area contributed by atoms with E-state index in [4.69, 9.17) is 14.2 Å². The Morgan fingerprint density at radius 2 is 2.08 bits per heavy atom. The van der Waals surface area contributed by atoms with Crippen LogP contribution in [0.5, 0.6) is 17.4 Å². The molecule has 0 aliphatic carbocycles. The van der Waals surface area contributed by atoms with Crippen molar-refractivity contribution in [3.8, 4) is 17.4 Å². The topological polar surface area (TPSA) is 119 Å². The molecule has 190 valence electrons. The fourth-order valence-corrected chi connectivity index (χ4v) is 4.74. The van der Waals surface area contributed by atoms with Gasteiger partial charge in [-0.15, -0.1) is 0 Å². The van der Waals surface area contributed by atoms with Gasteiger partial charge in [-0.3, -0.25) is 14.8 Å². The van der Waals surface area contributed by atoms with E-state index in [1.165, 1.54) is 13.3 Å². The number of aromatic nitrogens is 3. The maximum absolute atomic E-state index is 14.7. The minimum Gasteiger partial charge on any atom is -0.486 e. The van der Waals surface area contributed by atoms with Gasteiger partial charge in [0.25, 0.3) is 0 Å². The van der Waals surface area contributed by atoms with Gasteiger partial charge >= 0.3 is 5.97 Å². The molecule has 0 radical (unpaired) electrons. The number of hydrogen-bond donors (Lipinski definition) is 2. The molecule has 0 aromatic carbocycles. The molecule has 0 bridgehead atoms. The number of nitrogens with one attached hydrogen (secondary N) is 1. The van der Waals surface area contributed by atoms with Crippen molar-refractivity contribution in [1.29, 1.82) is 0 Å². The summed E-state index contributed by atoms with van der Waals surface area (Å²) in [7, 11) is 1.51. The van der Waals surface area contributed by atoms with E-state index in [0.717, 1.165) is 5.69 Å². The van der Waals surface area contributed by atoms with Crippen LogP contribution >= 0.6 is 0 Å². The SMILES string of the molecule is COc1ccc2ncc(F)c(CCN3CC[C@H](NCc4cc5c(cn4)OCCO5)C(C(=O)O)C3)c2n1. The molecule has 3 aromatic rings. The predicted molar refractivity (Wildman–Crippen MR) is 128 cm³/mol. The summed E-state index contributed by atoms with van der Waals surface area (Å²) in [5.41, 5.74) is 2.27. The molecule has 1 saturated heterocycles. The molecule has 5 rings (SSSR count). The smallest absolute Gasteiger partial charge is 0.309 e. The molecule has 1 fully saturated rings. The Morgan fingerprint density at radius 1 is 1.25 bits per heavy atom. The van der Waals surface area contributed by atoms with Gasteiger partial charge in [0.05, 0.1) is 42.1 Å². The van der Waals surface area contributed by atoms with E-state index < -0.39 is 17.7 Å². The highest BCUT2D eigenvalue weighted by molar-refractivity contribution is 5.78. The molecule has 1 unspecified atom stereocenters. The van der Waals surface area contributed by atoms with Gasteiger partial charge in [-0.05, 0) is 25.5 Å². The second-order valence-electron chi connectivity index (χ2n) is 8.90. The second kappa shape index (κ2) is 10.6. The van der Waals surface area contributed by atoms with E-state index in [-0.39, 0.29) is 6.04 Å². The Balaban J connectivity index is 1.22. The third-order valence-electron chi connectivity index (χ3n) is 6.67. The van der Waals surface area contributed by atoms with Crippen LogP contribution in [0.25, 0.3) is 11.0 Å². The summed E-state index contributed by atoms with van der Waals surface area (Å²) in [5.74, 6) is -0.232. The number of halogens is 1. The molecular weight excluding hydrogens is 469 g/mol. The number of likely N-dealkylation sites (tertiary alicyclic amines) is 1. The molecule has 2 atom stereocenters. The molecule has 10 nitrogen and oxygen atoms in total. The molecule has 2 aliphatic rings. The van der Waals surface area contributed by atoms with Crippen LogP contribution in [0.3, 0.4) is 0 Å². The number of carbonyl (C=O) groups is 1. The first-order valence-corrected chi connectivity index (χ1v) is 11.9. The Kier molecular flexibility index (Phi) is 7.10. The van der Waals surface area contributed by atoms with Gasteiger partial charge in [-0.1, -0.05) is 0 Å². The second-order valence-corrected chi connectivity index (χ2v) is 8.90. The van der Waals surface area contributed by atoms with Gasteiger partial charge in [0.2, 0.25) is 5.88 Å². The summed E-state index contributed by atoms with van der Waals surface area (Å²) in [6.45, 7) is 2.98. The van der Waals surface area contributed by atoms with Crippen LogP contribution in [0.1, 0.15) is 17.7 Å². The van der Waals surface area contributed by atoms with Crippen molar-refractivity contribution >= 4 is 17.0 Å². The zero-order valence-electron chi connectivity index (χ0n) is 19.9. The molecule has 36 heavy (non-hydrogen) atoms. The zero-order valence-corrected chi connectivity index (χ0v) is 19.9. The van der Waals surface area contributed by atoms with Crippen molar-refractivity contribution in [3.05, 3.63) is 47.7 Å². The van der Waals surface area contributed by atoms with E-state index in [9.17, 15) is 14.3 Å². The third kappa shape index (κ3) is 5.17. The van der Waals surface area contributed by atoms with E-state index in [2.05, 4.69) is 25.2 Å². The van der Waals surface area contributed by atoms with Gasteiger partial charge in [0.1, 0.15) is 19.0 Å². The van der Waals surface area contributed by atoms with Gasteiger partial charge in [0, 0.05) is 43.4 Å². The highest BCUT2D eigenvalue weighted by Crippen LogP contribution is 2.29. The maximum atomic E-state index is 14.7. The lowest BCUT2D eigenvalue weighted by atomic mass is 9.91. The van der Waals surface area contributed by atoms with Crippen LogP contribution in [0.4, 0.5) is 4.39 Å². The molecule has 3 aromatic heterocycles. The molecule has 0 spiro atoms. The van der Waals surface area contributed by atoms with Crippen molar-refractivity contribution in [2.75, 3.05) is 40.0 Å². The normalized spacial score (nSPS) is 19.8. The van der Waals surface area contributed by atoms with Gasteiger partial charge in [-0.25, -0.2) is 9.37 Å². The van der Waals surface area contributed by atoms with Crippen LogP contribution in [-0.2, 0) is 17.8 Å². The molecule has 11 heteroatoms. The van der Waals surface area contributed by atoms with Gasteiger partial charge < -0.3 is 29.5 Å². The number of methoxy groups -OCH3 is 1. The number of nitrogens with zero attached hydrogens (tertiary/aromatic N) is 4. The number of aliphatic carboxylic acids is 1. The summed E-state index contributed by atoms with van der Waals surface area (Å²) < 4.78 is 30.9. The highest BCUT2D eigenvalue weighted by atomic mass is 19.1. The fraction of sp³-hybridized carbons (Fsp3) is 0.440. The van der Waals surface area contributed by atoms with Crippen molar-refractivity contribution in [2.24, 2.45) is 5.92 Å². The van der Waals surface area contributed by atoms with Gasteiger partial charge in [-0.2, -0.15) is 0 Å². The Bertz CT molecular complexity index is 1260. The van der Waals surface area contributed by atoms with Crippen LogP contribution < -0.4 is 19.5 Å². The number of fused-ring (bicyclic) bond motifs is 2. The summed E-state index contributed by atoms with van der Waals surface area (Å²) in [4.78, 5) is 27.0. The van der Waals surface area contributed by atoms with Gasteiger partial charge in [0.15, 0.2) is 11.5 Å². The maximum Gasteiger partial charge on any atom is 0.309 e. The molecule has 2 aliphatic heterocycles. The van der Waals surface area contributed by atoms with Crippen molar-refractivity contribution in [3.63, 3.8) is 0 Å². The van der Waals surface area contributed by atoms with Crippen molar-refractivity contribution in [2.45, 2.75) is 25.4 Å². The third-order valence-corrected chi connectivity index (χ3v) is 6.67. The average Bonchev–Trinajstić information content (AvgIpc) is 2.91. The largest absolute Gasteiger partial charge is 0.486 e. The monoisotopic (exact) mass is 497 g/mol. The Morgan fingerprint density at radius 3 is 2.89 bits per heavy atom. The summed E-state index contributed by atoms with van der Waals surface area (Å²) in [6, 6.07) is 5.05. The molecule has 0 amide bonds. The van der Waals surface area contributed by atoms with E-state index in [1.54, 1.807) is 18.3 Å². The number of ether oxygens (including phenoxy) is 3. The fourth-order valence-electron chi connectivity index (χ4n) is 4.74. The molecule has 0 saturated carbocycles.